The Kier molecular flexibility index (Phi) is 5.76. The number of rotatable bonds is 5. The Balaban J connectivity index is 1.82. The first-order valence-electron chi connectivity index (χ1n) is 7.91. The predicted molar refractivity (Wildman–Crippen MR) is 86.1 cm³/mol. The summed E-state index contributed by atoms with van der Waals surface area (Å²) in [6, 6.07) is 7.88. The van der Waals surface area contributed by atoms with Gasteiger partial charge in [0.25, 0.3) is 5.91 Å². The van der Waals surface area contributed by atoms with E-state index in [2.05, 4.69) is 24.1 Å². The van der Waals surface area contributed by atoms with Gasteiger partial charge in [-0.05, 0) is 49.9 Å². The van der Waals surface area contributed by atoms with E-state index in [0.29, 0.717) is 24.7 Å². The number of nitrogens with two attached hydrogens (primary N) is 1. The van der Waals surface area contributed by atoms with Crippen LogP contribution in [0, 0.1) is 5.92 Å². The van der Waals surface area contributed by atoms with E-state index in [-0.39, 0.29) is 5.91 Å². The second kappa shape index (κ2) is 7.57. The second-order valence-corrected chi connectivity index (χ2v) is 6.20. The molecule has 21 heavy (non-hydrogen) atoms. The molecule has 3 N–H and O–H groups in total. The Morgan fingerprint density at radius 1 is 1.43 bits per heavy atom. The Morgan fingerprint density at radius 3 is 2.76 bits per heavy atom. The molecule has 4 heteroatoms. The molecule has 1 aliphatic heterocycles. The first-order valence-corrected chi connectivity index (χ1v) is 7.91. The van der Waals surface area contributed by atoms with Crippen molar-refractivity contribution < 1.29 is 4.79 Å². The molecule has 116 valence electrons. The topological polar surface area (TPSA) is 58.4 Å². The quantitative estimate of drug-likeness (QED) is 0.871. The fourth-order valence-electron chi connectivity index (χ4n) is 2.89. The lowest BCUT2D eigenvalue weighted by atomic mass is 9.99. The molecular formula is C17H27N3O. The van der Waals surface area contributed by atoms with Gasteiger partial charge in [0.05, 0.1) is 0 Å². The number of benzene rings is 1. The van der Waals surface area contributed by atoms with Crippen molar-refractivity contribution in [2.24, 2.45) is 11.7 Å². The van der Waals surface area contributed by atoms with Crippen LogP contribution in [0.25, 0.3) is 0 Å². The number of nitrogens with zero attached hydrogens (tertiary/aromatic N) is 1. The molecule has 0 saturated carbocycles. The van der Waals surface area contributed by atoms with Crippen LogP contribution in [0.5, 0.6) is 0 Å². The Hall–Kier alpha value is -1.39. The van der Waals surface area contributed by atoms with E-state index >= 15 is 0 Å². The van der Waals surface area contributed by atoms with E-state index in [1.807, 2.05) is 24.3 Å². The maximum atomic E-state index is 12.1. The smallest absolute Gasteiger partial charge is 0.251 e. The standard InChI is InChI=1S/C17H27N3O/c1-13-4-3-9-20(12-13)14(2)11-19-17(21)16-7-5-15(10-18)6-8-16/h5-8,13-14H,3-4,9-12,18H2,1-2H3,(H,19,21). The molecule has 2 atom stereocenters. The maximum absolute atomic E-state index is 12.1. The van der Waals surface area contributed by atoms with E-state index in [1.54, 1.807) is 0 Å². The molecule has 1 aromatic carbocycles. The highest BCUT2D eigenvalue weighted by Crippen LogP contribution is 2.17. The average Bonchev–Trinajstić information content (AvgIpc) is 2.52. The van der Waals surface area contributed by atoms with Crippen LogP contribution in [0.1, 0.15) is 42.6 Å². The molecule has 1 amide bonds. The molecule has 1 aromatic rings. The van der Waals surface area contributed by atoms with E-state index in [1.165, 1.54) is 12.8 Å². The van der Waals surface area contributed by atoms with Crippen LogP contribution >= 0.6 is 0 Å². The van der Waals surface area contributed by atoms with E-state index < -0.39 is 0 Å². The van der Waals surface area contributed by atoms with E-state index in [4.69, 9.17) is 5.73 Å². The molecule has 0 aliphatic carbocycles. The van der Waals surface area contributed by atoms with Crippen molar-refractivity contribution in [3.05, 3.63) is 35.4 Å². The lowest BCUT2D eigenvalue weighted by Crippen LogP contribution is -2.46. The SMILES string of the molecule is CC1CCCN(C(C)CNC(=O)c2ccc(CN)cc2)C1. The molecule has 1 saturated heterocycles. The summed E-state index contributed by atoms with van der Waals surface area (Å²) in [5.41, 5.74) is 7.31. The Labute approximate surface area is 127 Å². The van der Waals surface area contributed by atoms with Crippen LogP contribution in [0.2, 0.25) is 0 Å². The molecular weight excluding hydrogens is 262 g/mol. The van der Waals surface area contributed by atoms with Gasteiger partial charge in [0.2, 0.25) is 0 Å². The molecule has 4 nitrogen and oxygen atoms in total. The van der Waals surface area contributed by atoms with Crippen LogP contribution in [-0.4, -0.2) is 36.5 Å². The summed E-state index contributed by atoms with van der Waals surface area (Å²) in [6.45, 7) is 7.98. The summed E-state index contributed by atoms with van der Waals surface area (Å²) in [5, 5.41) is 3.04. The molecule has 1 fully saturated rings. The number of hydrogen-bond donors (Lipinski definition) is 2. The first kappa shape index (κ1) is 16.0. The van der Waals surface area contributed by atoms with Gasteiger partial charge in [-0.2, -0.15) is 0 Å². The summed E-state index contributed by atoms with van der Waals surface area (Å²) < 4.78 is 0. The summed E-state index contributed by atoms with van der Waals surface area (Å²) in [4.78, 5) is 14.6. The number of hydrogen-bond acceptors (Lipinski definition) is 3. The van der Waals surface area contributed by atoms with Crippen LogP contribution in [-0.2, 0) is 6.54 Å². The minimum atomic E-state index is -0.00419. The second-order valence-electron chi connectivity index (χ2n) is 6.20. The van der Waals surface area contributed by atoms with Crippen molar-refractivity contribution in [3.8, 4) is 0 Å². The van der Waals surface area contributed by atoms with Crippen LogP contribution in [0.3, 0.4) is 0 Å². The number of amides is 1. The van der Waals surface area contributed by atoms with Gasteiger partial charge in [-0.3, -0.25) is 9.69 Å². The minimum Gasteiger partial charge on any atom is -0.350 e. The summed E-state index contributed by atoms with van der Waals surface area (Å²) in [5.74, 6) is 0.760. The lowest BCUT2D eigenvalue weighted by molar-refractivity contribution is 0.0917. The molecule has 0 radical (unpaired) electrons. The van der Waals surface area contributed by atoms with E-state index in [9.17, 15) is 4.79 Å². The molecule has 2 rings (SSSR count). The van der Waals surface area contributed by atoms with Crippen molar-refractivity contribution >= 4 is 5.91 Å². The fourth-order valence-corrected chi connectivity index (χ4v) is 2.89. The lowest BCUT2D eigenvalue weighted by Gasteiger charge is -2.35. The predicted octanol–water partition coefficient (Wildman–Crippen LogP) is 2.00. The molecule has 0 bridgehead atoms. The van der Waals surface area contributed by atoms with Gasteiger partial charge >= 0.3 is 0 Å². The summed E-state index contributed by atoms with van der Waals surface area (Å²) in [7, 11) is 0. The molecule has 2 unspecified atom stereocenters. The normalized spacial score (nSPS) is 21.0. The molecule has 1 aliphatic rings. The third kappa shape index (κ3) is 4.55. The molecule has 0 spiro atoms. The number of likely N-dealkylation sites (tertiary alicyclic amines) is 1. The Bertz CT molecular complexity index is 458. The summed E-state index contributed by atoms with van der Waals surface area (Å²) >= 11 is 0. The number of carbonyl (C=O) groups excluding carboxylic acids is 1. The zero-order chi connectivity index (χ0) is 15.2. The highest BCUT2D eigenvalue weighted by Gasteiger charge is 2.21. The van der Waals surface area contributed by atoms with Gasteiger partial charge in [0.15, 0.2) is 0 Å². The molecule has 1 heterocycles. The third-order valence-electron chi connectivity index (χ3n) is 4.32. The van der Waals surface area contributed by atoms with Crippen LogP contribution in [0.15, 0.2) is 24.3 Å². The van der Waals surface area contributed by atoms with Crippen molar-refractivity contribution in [2.75, 3.05) is 19.6 Å². The minimum absolute atomic E-state index is 0.00419. The number of piperidine rings is 1. The highest BCUT2D eigenvalue weighted by atomic mass is 16.1. The summed E-state index contributed by atoms with van der Waals surface area (Å²) in [6.07, 6.45) is 2.59. The fraction of sp³-hybridized carbons (Fsp3) is 0.588. The van der Waals surface area contributed by atoms with Gasteiger partial charge < -0.3 is 11.1 Å². The van der Waals surface area contributed by atoms with Crippen LogP contribution < -0.4 is 11.1 Å². The average molecular weight is 289 g/mol. The van der Waals surface area contributed by atoms with Crippen molar-refractivity contribution in [2.45, 2.75) is 39.3 Å². The van der Waals surface area contributed by atoms with E-state index in [0.717, 1.165) is 24.6 Å². The van der Waals surface area contributed by atoms with Crippen molar-refractivity contribution in [1.29, 1.82) is 0 Å². The van der Waals surface area contributed by atoms with Crippen LogP contribution in [0.4, 0.5) is 0 Å². The first-order chi connectivity index (χ1) is 10.1. The maximum Gasteiger partial charge on any atom is 0.251 e. The highest BCUT2D eigenvalue weighted by molar-refractivity contribution is 5.94. The van der Waals surface area contributed by atoms with Gasteiger partial charge in [-0.25, -0.2) is 0 Å². The van der Waals surface area contributed by atoms with Crippen molar-refractivity contribution in [1.82, 2.24) is 10.2 Å². The third-order valence-corrected chi connectivity index (χ3v) is 4.32. The largest absolute Gasteiger partial charge is 0.350 e. The van der Waals surface area contributed by atoms with Gasteiger partial charge in [0, 0.05) is 31.2 Å². The Morgan fingerprint density at radius 2 is 2.14 bits per heavy atom. The monoisotopic (exact) mass is 289 g/mol. The van der Waals surface area contributed by atoms with Gasteiger partial charge in [0.1, 0.15) is 0 Å². The van der Waals surface area contributed by atoms with Gasteiger partial charge in [-0.15, -0.1) is 0 Å². The number of carbonyl (C=O) groups is 1. The zero-order valence-corrected chi connectivity index (χ0v) is 13.1. The molecule has 0 aromatic heterocycles. The zero-order valence-electron chi connectivity index (χ0n) is 13.1. The van der Waals surface area contributed by atoms with Crippen molar-refractivity contribution in [3.63, 3.8) is 0 Å². The van der Waals surface area contributed by atoms with Gasteiger partial charge in [-0.1, -0.05) is 19.1 Å². The number of nitrogens with one attached hydrogen (secondary N) is 1.